The maximum atomic E-state index is 13.0. The van der Waals surface area contributed by atoms with Crippen LogP contribution in [0.2, 0.25) is 0 Å². The monoisotopic (exact) mass is 376 g/mol. The molecule has 26 heavy (non-hydrogen) atoms. The molecule has 2 aromatic rings. The Bertz CT molecular complexity index is 919. The van der Waals surface area contributed by atoms with E-state index in [9.17, 15) is 13.2 Å². The van der Waals surface area contributed by atoms with Crippen molar-refractivity contribution < 1.29 is 17.6 Å². The zero-order valence-electron chi connectivity index (χ0n) is 15.2. The van der Waals surface area contributed by atoms with E-state index >= 15 is 0 Å². The van der Waals surface area contributed by atoms with Crippen molar-refractivity contribution in [2.24, 2.45) is 11.1 Å². The van der Waals surface area contributed by atoms with Gasteiger partial charge < -0.3 is 9.32 Å². The first-order valence-electron chi connectivity index (χ1n) is 8.67. The molecule has 140 valence electrons. The van der Waals surface area contributed by atoms with Gasteiger partial charge in [0.05, 0.1) is 0 Å². The number of hydrogen-bond acceptors (Lipinski definition) is 4. The first-order valence-corrected chi connectivity index (χ1v) is 10.2. The van der Waals surface area contributed by atoms with Crippen LogP contribution in [0.25, 0.3) is 0 Å². The molecule has 0 spiro atoms. The lowest BCUT2D eigenvalue weighted by Crippen LogP contribution is -2.31. The summed E-state index contributed by atoms with van der Waals surface area (Å²) in [4.78, 5) is 14.5. The third-order valence-corrected chi connectivity index (χ3v) is 6.31. The lowest BCUT2D eigenvalue weighted by Gasteiger charge is -2.21. The number of rotatable bonds is 4. The number of primary sulfonamides is 1. The van der Waals surface area contributed by atoms with Crippen molar-refractivity contribution in [2.45, 2.75) is 38.0 Å². The van der Waals surface area contributed by atoms with Crippen LogP contribution >= 0.6 is 0 Å². The summed E-state index contributed by atoms with van der Waals surface area (Å²) in [6, 6.07) is 10.2. The van der Waals surface area contributed by atoms with Gasteiger partial charge in [0.2, 0.25) is 10.0 Å². The van der Waals surface area contributed by atoms with Gasteiger partial charge in [0, 0.05) is 13.1 Å². The van der Waals surface area contributed by atoms with Crippen LogP contribution in [-0.2, 0) is 10.0 Å². The van der Waals surface area contributed by atoms with Crippen LogP contribution in [0.5, 0.6) is 0 Å². The maximum absolute atomic E-state index is 13.0. The van der Waals surface area contributed by atoms with Crippen molar-refractivity contribution in [3.8, 4) is 0 Å². The highest BCUT2D eigenvalue weighted by atomic mass is 32.2. The molecule has 2 heterocycles. The van der Waals surface area contributed by atoms with Crippen LogP contribution in [0.15, 0.2) is 39.6 Å². The summed E-state index contributed by atoms with van der Waals surface area (Å²) in [6.07, 6.45) is 0.877. The van der Waals surface area contributed by atoms with Gasteiger partial charge >= 0.3 is 0 Å². The summed E-state index contributed by atoms with van der Waals surface area (Å²) in [5.41, 5.74) is 1.31. The van der Waals surface area contributed by atoms with Gasteiger partial charge in [-0.25, -0.2) is 13.6 Å². The molecule has 1 saturated heterocycles. The number of carbonyl (C=O) groups excluding carboxylic acids is 1. The Hall–Kier alpha value is -2.12. The normalized spacial score (nSPS) is 18.9. The number of benzene rings is 1. The minimum atomic E-state index is -4.03. The number of aryl methyl sites for hydroxylation is 2. The molecule has 1 amide bonds. The van der Waals surface area contributed by atoms with E-state index in [-0.39, 0.29) is 27.9 Å². The van der Waals surface area contributed by atoms with Crippen molar-refractivity contribution in [1.29, 1.82) is 0 Å². The van der Waals surface area contributed by atoms with E-state index in [1.165, 1.54) is 12.5 Å². The molecule has 1 aliphatic rings. The Kier molecular flexibility index (Phi) is 4.94. The molecule has 1 aromatic heterocycles. The Morgan fingerprint density at radius 1 is 1.23 bits per heavy atom. The average molecular weight is 376 g/mol. The summed E-state index contributed by atoms with van der Waals surface area (Å²) >= 11 is 0. The van der Waals surface area contributed by atoms with Crippen molar-refractivity contribution >= 4 is 15.9 Å². The van der Waals surface area contributed by atoms with Gasteiger partial charge in [-0.3, -0.25) is 4.79 Å². The summed E-state index contributed by atoms with van der Waals surface area (Å²) in [5.74, 6) is 0.760. The van der Waals surface area contributed by atoms with E-state index in [4.69, 9.17) is 9.56 Å². The summed E-state index contributed by atoms with van der Waals surface area (Å²) < 4.78 is 29.2. The number of hydrogen-bond donors (Lipinski definition) is 1. The summed E-state index contributed by atoms with van der Waals surface area (Å²) in [6.45, 7) is 6.44. The third-order valence-electron chi connectivity index (χ3n) is 5.25. The van der Waals surface area contributed by atoms with Crippen LogP contribution in [0.3, 0.4) is 0 Å². The van der Waals surface area contributed by atoms with Crippen LogP contribution in [0.1, 0.15) is 46.7 Å². The molecule has 0 saturated carbocycles. The molecule has 6 nitrogen and oxygen atoms in total. The number of furan rings is 1. The Balaban J connectivity index is 1.83. The fourth-order valence-corrected chi connectivity index (χ4v) is 4.78. The second kappa shape index (κ2) is 6.89. The number of carbonyl (C=O) groups is 1. The van der Waals surface area contributed by atoms with Gasteiger partial charge in [0.15, 0.2) is 0 Å². The van der Waals surface area contributed by atoms with E-state index < -0.39 is 10.0 Å². The minimum absolute atomic E-state index is 0.0676. The highest BCUT2D eigenvalue weighted by Crippen LogP contribution is 2.34. The van der Waals surface area contributed by atoms with Crippen LogP contribution in [-0.4, -0.2) is 32.3 Å². The molecular formula is C19H24N2O4S. The molecule has 2 unspecified atom stereocenters. The van der Waals surface area contributed by atoms with Gasteiger partial charge in [-0.1, -0.05) is 37.3 Å². The first kappa shape index (κ1) is 18.7. The highest BCUT2D eigenvalue weighted by Gasteiger charge is 2.36. The van der Waals surface area contributed by atoms with E-state index in [0.29, 0.717) is 24.9 Å². The molecule has 1 aliphatic heterocycles. The van der Waals surface area contributed by atoms with Gasteiger partial charge in [-0.05, 0) is 37.7 Å². The van der Waals surface area contributed by atoms with Crippen LogP contribution in [0.4, 0.5) is 0 Å². The highest BCUT2D eigenvalue weighted by molar-refractivity contribution is 7.89. The van der Waals surface area contributed by atoms with E-state index in [2.05, 4.69) is 19.1 Å². The second-order valence-corrected chi connectivity index (χ2v) is 8.46. The number of sulfonamides is 1. The van der Waals surface area contributed by atoms with Crippen molar-refractivity contribution in [3.05, 3.63) is 53.0 Å². The SMILES string of the molecule is Cc1oc(C)c(S(N)(=O)=O)c1C(=O)N1CCC(C(C)c2ccccc2)C1. The molecule has 3 rings (SSSR count). The summed E-state index contributed by atoms with van der Waals surface area (Å²) in [5, 5.41) is 5.30. The number of amides is 1. The zero-order valence-corrected chi connectivity index (χ0v) is 16.0. The molecule has 0 radical (unpaired) electrons. The number of nitrogens with two attached hydrogens (primary N) is 1. The topological polar surface area (TPSA) is 93.6 Å². The molecule has 1 fully saturated rings. The maximum Gasteiger partial charge on any atom is 0.258 e. The molecule has 0 bridgehead atoms. The second-order valence-electron chi connectivity index (χ2n) is 6.96. The predicted octanol–water partition coefficient (Wildman–Crippen LogP) is 2.81. The van der Waals surface area contributed by atoms with Gasteiger partial charge in [0.25, 0.3) is 5.91 Å². The van der Waals surface area contributed by atoms with E-state index in [1.54, 1.807) is 11.8 Å². The summed E-state index contributed by atoms with van der Waals surface area (Å²) in [7, 11) is -4.03. The third kappa shape index (κ3) is 3.41. The Morgan fingerprint density at radius 3 is 2.50 bits per heavy atom. The lowest BCUT2D eigenvalue weighted by molar-refractivity contribution is 0.0780. The first-order chi connectivity index (χ1) is 12.2. The van der Waals surface area contributed by atoms with E-state index in [1.807, 2.05) is 18.2 Å². The molecule has 2 N–H and O–H groups in total. The molecule has 0 aliphatic carbocycles. The van der Waals surface area contributed by atoms with Crippen molar-refractivity contribution in [3.63, 3.8) is 0 Å². The van der Waals surface area contributed by atoms with Gasteiger partial charge in [-0.15, -0.1) is 0 Å². The molecule has 7 heteroatoms. The predicted molar refractivity (Wildman–Crippen MR) is 98.4 cm³/mol. The van der Waals surface area contributed by atoms with Gasteiger partial charge in [-0.2, -0.15) is 0 Å². The zero-order chi connectivity index (χ0) is 19.1. The Labute approximate surface area is 154 Å². The molecule has 1 aromatic carbocycles. The number of likely N-dealkylation sites (tertiary alicyclic amines) is 1. The number of nitrogens with zero attached hydrogens (tertiary/aromatic N) is 1. The Morgan fingerprint density at radius 2 is 1.88 bits per heavy atom. The molecular weight excluding hydrogens is 352 g/mol. The molecule has 2 atom stereocenters. The smallest absolute Gasteiger partial charge is 0.258 e. The largest absolute Gasteiger partial charge is 0.464 e. The van der Waals surface area contributed by atoms with E-state index in [0.717, 1.165) is 6.42 Å². The lowest BCUT2D eigenvalue weighted by atomic mass is 9.87. The van der Waals surface area contributed by atoms with Crippen LogP contribution < -0.4 is 5.14 Å². The standard InChI is InChI=1S/C19H24N2O4S/c1-12(15-7-5-4-6-8-15)16-9-10-21(11-16)19(22)17-13(2)25-14(3)18(17)26(20,23)24/h4-8,12,16H,9-11H2,1-3H3,(H2,20,23,24). The average Bonchev–Trinajstić information content (AvgIpc) is 3.18. The fraction of sp³-hybridized carbons (Fsp3) is 0.421. The van der Waals surface area contributed by atoms with Crippen LogP contribution in [0, 0.1) is 19.8 Å². The quantitative estimate of drug-likeness (QED) is 0.888. The minimum Gasteiger partial charge on any atom is -0.464 e. The fourth-order valence-electron chi connectivity index (χ4n) is 3.82. The van der Waals surface area contributed by atoms with Gasteiger partial charge in [0.1, 0.15) is 22.0 Å². The van der Waals surface area contributed by atoms with Crippen molar-refractivity contribution in [1.82, 2.24) is 4.90 Å². The van der Waals surface area contributed by atoms with Crippen molar-refractivity contribution in [2.75, 3.05) is 13.1 Å².